The van der Waals surface area contributed by atoms with Crippen molar-refractivity contribution in [1.29, 1.82) is 0 Å². The zero-order valence-electron chi connectivity index (χ0n) is 18.3. The van der Waals surface area contributed by atoms with E-state index >= 15 is 0 Å². The van der Waals surface area contributed by atoms with Gasteiger partial charge in [0.05, 0.1) is 11.7 Å². The molecule has 2 heterocycles. The minimum atomic E-state index is -0.705. The Hall–Kier alpha value is -3.35. The largest absolute Gasteiger partial charge is 0.378 e. The summed E-state index contributed by atoms with van der Waals surface area (Å²) < 4.78 is 0. The molecule has 2 saturated heterocycles. The van der Waals surface area contributed by atoms with Gasteiger partial charge in [0.15, 0.2) is 0 Å². The summed E-state index contributed by atoms with van der Waals surface area (Å²) >= 11 is 0. The molecule has 0 aliphatic carbocycles. The van der Waals surface area contributed by atoms with Gasteiger partial charge in [0.1, 0.15) is 6.04 Å². The van der Waals surface area contributed by atoms with Gasteiger partial charge >= 0.3 is 6.03 Å². The molecule has 0 unspecified atom stereocenters. The molecular formula is C24H28N4O3. The summed E-state index contributed by atoms with van der Waals surface area (Å²) in [7, 11) is 3.88. The molecule has 2 aliphatic heterocycles. The van der Waals surface area contributed by atoms with E-state index in [4.69, 9.17) is 0 Å². The molecule has 2 aromatic rings. The van der Waals surface area contributed by atoms with E-state index in [0.29, 0.717) is 30.1 Å². The molecule has 4 rings (SSSR count). The Morgan fingerprint density at radius 3 is 2.26 bits per heavy atom. The first-order valence-electron chi connectivity index (χ1n) is 10.6. The van der Waals surface area contributed by atoms with Crippen LogP contribution < -0.4 is 15.1 Å². The third kappa shape index (κ3) is 3.76. The number of hydrogen-bond donors (Lipinski definition) is 1. The van der Waals surface area contributed by atoms with Gasteiger partial charge in [-0.15, -0.1) is 0 Å². The van der Waals surface area contributed by atoms with Crippen LogP contribution in [0.1, 0.15) is 42.1 Å². The fourth-order valence-corrected chi connectivity index (χ4v) is 4.25. The number of likely N-dealkylation sites (tertiary alicyclic amines) is 1. The Morgan fingerprint density at radius 2 is 1.68 bits per heavy atom. The topological polar surface area (TPSA) is 73.0 Å². The fraction of sp³-hybridized carbons (Fsp3) is 0.375. The number of nitrogens with zero attached hydrogens (tertiary/aromatic N) is 3. The maximum absolute atomic E-state index is 13.4. The lowest BCUT2D eigenvalue weighted by atomic mass is 10.0. The third-order valence-electron chi connectivity index (χ3n) is 6.09. The highest BCUT2D eigenvalue weighted by atomic mass is 16.2. The molecule has 4 amide bonds. The average Bonchev–Trinajstić information content (AvgIpc) is 3.17. The lowest BCUT2D eigenvalue weighted by Crippen LogP contribution is -2.65. The van der Waals surface area contributed by atoms with E-state index in [0.717, 1.165) is 16.2 Å². The second-order valence-electron chi connectivity index (χ2n) is 8.65. The van der Waals surface area contributed by atoms with Crippen molar-refractivity contribution in [2.45, 2.75) is 38.3 Å². The van der Waals surface area contributed by atoms with Crippen LogP contribution in [0.2, 0.25) is 0 Å². The molecule has 0 aromatic heterocycles. The number of carbonyl (C=O) groups excluding carboxylic acids is 3. The highest BCUT2D eigenvalue weighted by Gasteiger charge is 2.50. The molecule has 162 valence electrons. The molecule has 2 fully saturated rings. The quantitative estimate of drug-likeness (QED) is 0.824. The van der Waals surface area contributed by atoms with Crippen LogP contribution in [-0.2, 0) is 4.79 Å². The van der Waals surface area contributed by atoms with Crippen LogP contribution in [0.5, 0.6) is 0 Å². The summed E-state index contributed by atoms with van der Waals surface area (Å²) in [6.45, 7) is 4.60. The molecule has 2 atom stereocenters. The van der Waals surface area contributed by atoms with Crippen LogP contribution in [0, 0.1) is 0 Å². The highest BCUT2D eigenvalue weighted by molar-refractivity contribution is 6.19. The molecule has 0 bridgehead atoms. The average molecular weight is 421 g/mol. The molecule has 2 aliphatic rings. The molecule has 1 N–H and O–H groups in total. The molecule has 0 spiro atoms. The van der Waals surface area contributed by atoms with Crippen molar-refractivity contribution in [3.63, 3.8) is 0 Å². The Labute approximate surface area is 182 Å². The summed E-state index contributed by atoms with van der Waals surface area (Å²) in [4.78, 5) is 44.0. The van der Waals surface area contributed by atoms with Crippen molar-refractivity contribution in [2.75, 3.05) is 30.4 Å². The van der Waals surface area contributed by atoms with Crippen LogP contribution in [0.4, 0.5) is 16.2 Å². The molecule has 7 nitrogen and oxygen atoms in total. The van der Waals surface area contributed by atoms with Gasteiger partial charge in [-0.2, -0.15) is 0 Å². The smallest absolute Gasteiger partial charge is 0.329 e. The first kappa shape index (κ1) is 20.9. The summed E-state index contributed by atoms with van der Waals surface area (Å²) in [5.41, 5.74) is 3.17. The first-order chi connectivity index (χ1) is 14.8. The van der Waals surface area contributed by atoms with E-state index in [2.05, 4.69) is 19.2 Å². The number of anilines is 2. The van der Waals surface area contributed by atoms with Gasteiger partial charge < -0.3 is 15.1 Å². The van der Waals surface area contributed by atoms with Gasteiger partial charge in [-0.1, -0.05) is 26.0 Å². The highest BCUT2D eigenvalue weighted by Crippen LogP contribution is 2.30. The van der Waals surface area contributed by atoms with Crippen molar-refractivity contribution in [2.24, 2.45) is 0 Å². The van der Waals surface area contributed by atoms with Crippen molar-refractivity contribution < 1.29 is 14.4 Å². The second-order valence-corrected chi connectivity index (χ2v) is 8.65. The van der Waals surface area contributed by atoms with E-state index in [1.165, 1.54) is 0 Å². The van der Waals surface area contributed by atoms with E-state index in [9.17, 15) is 14.4 Å². The summed E-state index contributed by atoms with van der Waals surface area (Å²) in [6, 6.07) is 13.2. The Bertz CT molecular complexity index is 998. The monoisotopic (exact) mass is 420 g/mol. The van der Waals surface area contributed by atoms with Gasteiger partial charge in [0, 0.05) is 31.9 Å². The first-order valence-corrected chi connectivity index (χ1v) is 10.6. The molecule has 0 saturated carbocycles. The zero-order valence-corrected chi connectivity index (χ0v) is 18.3. The van der Waals surface area contributed by atoms with E-state index in [1.54, 1.807) is 29.2 Å². The predicted octanol–water partition coefficient (Wildman–Crippen LogP) is 3.22. The zero-order chi connectivity index (χ0) is 22.3. The molecule has 31 heavy (non-hydrogen) atoms. The van der Waals surface area contributed by atoms with Crippen molar-refractivity contribution in [1.82, 2.24) is 10.2 Å². The predicted molar refractivity (Wildman–Crippen MR) is 121 cm³/mol. The number of amides is 4. The van der Waals surface area contributed by atoms with Crippen molar-refractivity contribution >= 4 is 29.2 Å². The number of fused-ring (bicyclic) bond motifs is 1. The Morgan fingerprint density at radius 1 is 1.03 bits per heavy atom. The number of imide groups is 1. The number of urea groups is 1. The van der Waals surface area contributed by atoms with Gasteiger partial charge in [0.25, 0.3) is 11.8 Å². The van der Waals surface area contributed by atoms with Crippen LogP contribution in [0.15, 0.2) is 48.5 Å². The van der Waals surface area contributed by atoms with Crippen molar-refractivity contribution in [3.05, 3.63) is 59.7 Å². The third-order valence-corrected chi connectivity index (χ3v) is 6.09. The van der Waals surface area contributed by atoms with Crippen LogP contribution in [0.3, 0.4) is 0 Å². The van der Waals surface area contributed by atoms with Gasteiger partial charge in [-0.3, -0.25) is 9.59 Å². The molecule has 2 aromatic carbocycles. The summed E-state index contributed by atoms with van der Waals surface area (Å²) in [5.74, 6) is -0.203. The maximum atomic E-state index is 13.4. The van der Waals surface area contributed by atoms with Gasteiger partial charge in [-0.25, -0.2) is 9.69 Å². The fourth-order valence-electron chi connectivity index (χ4n) is 4.25. The molecule has 0 radical (unpaired) electrons. The Balaban J connectivity index is 1.59. The number of carbonyl (C=O) groups is 3. The second kappa shape index (κ2) is 8.06. The standard InChI is InChI=1S/C24H28N4O3/c1-15(2)16-5-11-19(12-6-16)28-23(30)21-20(25-24(28)31)13-14-27(21)22(29)17-7-9-18(10-8-17)26(3)4/h5-12,15,20-21H,13-14H2,1-4H3,(H,25,31)/t20-,21-/m1/s1. The van der Waals surface area contributed by atoms with E-state index in [1.807, 2.05) is 43.3 Å². The minimum Gasteiger partial charge on any atom is -0.378 e. The lowest BCUT2D eigenvalue weighted by Gasteiger charge is -2.37. The molecule has 7 heteroatoms. The number of hydrogen-bond acceptors (Lipinski definition) is 4. The summed E-state index contributed by atoms with van der Waals surface area (Å²) in [5, 5.41) is 2.92. The van der Waals surface area contributed by atoms with Gasteiger partial charge in [-0.05, 0) is 54.3 Å². The maximum Gasteiger partial charge on any atom is 0.329 e. The van der Waals surface area contributed by atoms with Crippen LogP contribution in [0.25, 0.3) is 0 Å². The lowest BCUT2D eigenvalue weighted by molar-refractivity contribution is -0.122. The molecular weight excluding hydrogens is 392 g/mol. The number of rotatable bonds is 4. The normalized spacial score (nSPS) is 20.7. The van der Waals surface area contributed by atoms with Crippen LogP contribution >= 0.6 is 0 Å². The van der Waals surface area contributed by atoms with Crippen LogP contribution in [-0.4, -0.2) is 55.5 Å². The summed E-state index contributed by atoms with van der Waals surface area (Å²) in [6.07, 6.45) is 0.559. The Kier molecular flexibility index (Phi) is 5.43. The van der Waals surface area contributed by atoms with E-state index < -0.39 is 12.1 Å². The SMILES string of the molecule is CC(C)c1ccc(N2C(=O)N[C@@H]3CCN(C(=O)c4ccc(N(C)C)cc4)[C@H]3C2=O)cc1. The number of benzene rings is 2. The van der Waals surface area contributed by atoms with Crippen molar-refractivity contribution in [3.8, 4) is 0 Å². The minimum absolute atomic E-state index is 0.197. The van der Waals surface area contributed by atoms with Gasteiger partial charge in [0.2, 0.25) is 0 Å². The number of nitrogens with one attached hydrogen (secondary N) is 1. The van der Waals surface area contributed by atoms with E-state index in [-0.39, 0.29) is 17.9 Å².